The van der Waals surface area contributed by atoms with Crippen molar-refractivity contribution in [2.75, 3.05) is 19.6 Å². The van der Waals surface area contributed by atoms with Gasteiger partial charge in [0.2, 0.25) is 5.78 Å². The summed E-state index contributed by atoms with van der Waals surface area (Å²) in [6.07, 6.45) is 4.33. The molecule has 2 aromatic rings. The van der Waals surface area contributed by atoms with Gasteiger partial charge in [-0.3, -0.25) is 4.79 Å². The molecule has 0 aliphatic carbocycles. The number of hydrogen-bond acceptors (Lipinski definition) is 1. The molecule has 1 fully saturated rings. The molecule has 126 valence electrons. The van der Waals surface area contributed by atoms with Gasteiger partial charge in [-0.1, -0.05) is 60.2 Å². The molecule has 0 bridgehead atoms. The normalized spacial score (nSPS) is 15.1. The van der Waals surface area contributed by atoms with Crippen LogP contribution >= 0.6 is 0 Å². The Morgan fingerprint density at radius 3 is 2.17 bits per heavy atom. The van der Waals surface area contributed by atoms with Crippen molar-refractivity contribution in [1.82, 2.24) is 0 Å². The van der Waals surface area contributed by atoms with Gasteiger partial charge >= 0.3 is 0 Å². The zero-order valence-electron chi connectivity index (χ0n) is 14.1. The zero-order valence-corrected chi connectivity index (χ0v) is 14.9. The Kier molecular flexibility index (Phi) is 6.77. The molecular weight excluding hydrogens is 318 g/mol. The molecule has 1 N–H and O–H groups in total. The summed E-state index contributed by atoms with van der Waals surface area (Å²) in [6, 6.07) is 18.6. The van der Waals surface area contributed by atoms with Crippen LogP contribution in [-0.4, -0.2) is 25.4 Å². The molecule has 3 heteroatoms. The fourth-order valence-electron chi connectivity index (χ4n) is 3.19. The van der Waals surface area contributed by atoms with E-state index in [0.29, 0.717) is 6.54 Å². The van der Waals surface area contributed by atoms with E-state index >= 15 is 0 Å². The van der Waals surface area contributed by atoms with E-state index in [1.165, 1.54) is 23.3 Å². The second-order valence-corrected chi connectivity index (χ2v) is 6.39. The van der Waals surface area contributed by atoms with Crippen LogP contribution in [0.3, 0.4) is 0 Å². The summed E-state index contributed by atoms with van der Waals surface area (Å²) in [5.41, 5.74) is 4.45. The number of halogens is 1. The van der Waals surface area contributed by atoms with E-state index in [1.807, 2.05) is 24.3 Å². The molecule has 2 aromatic carbocycles. The van der Waals surface area contributed by atoms with Crippen LogP contribution in [0, 0.1) is 6.92 Å². The molecule has 3 rings (SSSR count). The molecular formula is C21H24ClNO. The first-order chi connectivity index (χ1) is 11.2. The summed E-state index contributed by atoms with van der Waals surface area (Å²) < 4.78 is 0. The number of benzene rings is 2. The standard InChI is InChI=1S/C21H23NO.ClH/c1-17-9-11-19(12-10-17)21(18-7-3-2-4-8-18)15-20(23)16-22-13-5-6-14-22;/h2-4,7-12,15H,5-6,13-14,16H2,1H3;1H/b21-15+;. The van der Waals surface area contributed by atoms with Crippen molar-refractivity contribution in [2.24, 2.45) is 0 Å². The number of nitrogens with one attached hydrogen (secondary N) is 1. The summed E-state index contributed by atoms with van der Waals surface area (Å²) in [5.74, 6) is 0.223. The lowest BCUT2D eigenvalue weighted by atomic mass is 9.96. The smallest absolute Gasteiger partial charge is 0.210 e. The first-order valence-electron chi connectivity index (χ1n) is 8.43. The summed E-state index contributed by atoms with van der Waals surface area (Å²) >= 11 is 0. The van der Waals surface area contributed by atoms with Crippen molar-refractivity contribution in [3.63, 3.8) is 0 Å². The quantitative estimate of drug-likeness (QED) is 0.740. The molecule has 0 atom stereocenters. The van der Waals surface area contributed by atoms with Gasteiger partial charge in [-0.2, -0.15) is 0 Å². The van der Waals surface area contributed by atoms with E-state index in [1.54, 1.807) is 0 Å². The predicted octanol–water partition coefficient (Wildman–Crippen LogP) is -0.321. The Morgan fingerprint density at radius 1 is 0.958 bits per heavy atom. The molecule has 2 nitrogen and oxygen atoms in total. The Hall–Kier alpha value is -1.90. The number of carbonyl (C=O) groups is 1. The van der Waals surface area contributed by atoms with Crippen molar-refractivity contribution in [3.8, 4) is 0 Å². The predicted molar refractivity (Wildman–Crippen MR) is 94.5 cm³/mol. The number of quaternary nitrogens is 1. The van der Waals surface area contributed by atoms with E-state index < -0.39 is 0 Å². The molecule has 1 aliphatic heterocycles. The topological polar surface area (TPSA) is 21.5 Å². The highest BCUT2D eigenvalue weighted by Crippen LogP contribution is 2.23. The van der Waals surface area contributed by atoms with Crippen LogP contribution < -0.4 is 17.3 Å². The van der Waals surface area contributed by atoms with Crippen molar-refractivity contribution >= 4 is 11.4 Å². The van der Waals surface area contributed by atoms with Gasteiger partial charge < -0.3 is 17.3 Å². The summed E-state index contributed by atoms with van der Waals surface area (Å²) in [7, 11) is 0. The molecule has 0 amide bonds. The van der Waals surface area contributed by atoms with Crippen molar-refractivity contribution in [3.05, 3.63) is 77.4 Å². The maximum absolute atomic E-state index is 12.5. The van der Waals surface area contributed by atoms with Crippen LogP contribution in [-0.2, 0) is 4.79 Å². The summed E-state index contributed by atoms with van der Waals surface area (Å²) in [4.78, 5) is 13.9. The van der Waals surface area contributed by atoms with Crippen LogP contribution in [0.2, 0.25) is 0 Å². The molecule has 0 aromatic heterocycles. The summed E-state index contributed by atoms with van der Waals surface area (Å²) in [6.45, 7) is 4.95. The molecule has 0 spiro atoms. The maximum Gasteiger partial charge on any atom is 0.210 e. The van der Waals surface area contributed by atoms with Crippen molar-refractivity contribution < 1.29 is 22.1 Å². The molecule has 1 saturated heterocycles. The van der Waals surface area contributed by atoms with Crippen LogP contribution in [0.4, 0.5) is 0 Å². The first kappa shape index (κ1) is 18.4. The lowest BCUT2D eigenvalue weighted by Crippen LogP contribution is -3.10. The number of likely N-dealkylation sites (tertiary alicyclic amines) is 1. The molecule has 0 radical (unpaired) electrons. The van der Waals surface area contributed by atoms with Gasteiger partial charge in [0.05, 0.1) is 13.1 Å². The van der Waals surface area contributed by atoms with E-state index in [4.69, 9.17) is 0 Å². The van der Waals surface area contributed by atoms with E-state index in [0.717, 1.165) is 29.8 Å². The third-order valence-electron chi connectivity index (χ3n) is 4.49. The maximum atomic E-state index is 12.5. The third kappa shape index (κ3) is 4.80. The van der Waals surface area contributed by atoms with Gasteiger partial charge in [-0.25, -0.2) is 0 Å². The van der Waals surface area contributed by atoms with E-state index in [2.05, 4.69) is 43.3 Å². The fourth-order valence-corrected chi connectivity index (χ4v) is 3.19. The van der Waals surface area contributed by atoms with Crippen molar-refractivity contribution in [2.45, 2.75) is 19.8 Å². The van der Waals surface area contributed by atoms with E-state index in [9.17, 15) is 4.79 Å². The number of carbonyl (C=O) groups excluding carboxylic acids is 1. The van der Waals surface area contributed by atoms with Gasteiger partial charge in [0.15, 0.2) is 0 Å². The molecule has 0 saturated carbocycles. The minimum atomic E-state index is 0. The Labute approximate surface area is 150 Å². The lowest BCUT2D eigenvalue weighted by Gasteiger charge is -2.12. The SMILES string of the molecule is Cc1ccc(/C(=C/C(=O)C[NH+]2CCCC2)c2ccccc2)cc1.[Cl-]. The highest BCUT2D eigenvalue weighted by Gasteiger charge is 2.18. The third-order valence-corrected chi connectivity index (χ3v) is 4.49. The minimum absolute atomic E-state index is 0. The van der Waals surface area contributed by atoms with Crippen LogP contribution in [0.25, 0.3) is 5.57 Å². The number of rotatable bonds is 5. The van der Waals surface area contributed by atoms with Crippen LogP contribution in [0.5, 0.6) is 0 Å². The van der Waals surface area contributed by atoms with Crippen molar-refractivity contribution in [1.29, 1.82) is 0 Å². The molecule has 1 aliphatic rings. The first-order valence-corrected chi connectivity index (χ1v) is 8.43. The number of aryl methyl sites for hydroxylation is 1. The Balaban J connectivity index is 0.00000208. The fraction of sp³-hybridized carbons (Fsp3) is 0.286. The number of ketones is 1. The Morgan fingerprint density at radius 2 is 1.54 bits per heavy atom. The summed E-state index contributed by atoms with van der Waals surface area (Å²) in [5, 5.41) is 0. The van der Waals surface area contributed by atoms with E-state index in [-0.39, 0.29) is 18.2 Å². The van der Waals surface area contributed by atoms with Crippen LogP contribution in [0.15, 0.2) is 60.7 Å². The largest absolute Gasteiger partial charge is 1.00 e. The highest BCUT2D eigenvalue weighted by molar-refractivity contribution is 6.00. The molecule has 24 heavy (non-hydrogen) atoms. The van der Waals surface area contributed by atoms with Gasteiger partial charge in [-0.05, 0) is 29.7 Å². The average molecular weight is 342 g/mol. The van der Waals surface area contributed by atoms with Crippen LogP contribution in [0.1, 0.15) is 29.5 Å². The lowest BCUT2D eigenvalue weighted by molar-refractivity contribution is -0.878. The van der Waals surface area contributed by atoms with Gasteiger partial charge in [0.1, 0.15) is 6.54 Å². The monoisotopic (exact) mass is 341 g/mol. The average Bonchev–Trinajstić information content (AvgIpc) is 3.07. The second kappa shape index (κ2) is 8.81. The Bertz CT molecular complexity index is 686. The number of hydrogen-bond donors (Lipinski definition) is 1. The van der Waals surface area contributed by atoms with Gasteiger partial charge in [0.25, 0.3) is 0 Å². The minimum Gasteiger partial charge on any atom is -1.00 e. The van der Waals surface area contributed by atoms with Gasteiger partial charge in [-0.15, -0.1) is 0 Å². The molecule has 1 heterocycles. The van der Waals surface area contributed by atoms with Gasteiger partial charge in [0, 0.05) is 12.8 Å². The molecule has 0 unspecified atom stereocenters. The second-order valence-electron chi connectivity index (χ2n) is 6.39. The zero-order chi connectivity index (χ0) is 16.1. The highest BCUT2D eigenvalue weighted by atomic mass is 35.5.